The smallest absolute Gasteiger partial charge is 0.252 e. The van der Waals surface area contributed by atoms with Crippen molar-refractivity contribution >= 4 is 17.5 Å². The van der Waals surface area contributed by atoms with Gasteiger partial charge in [0.05, 0.1) is 6.04 Å². The van der Waals surface area contributed by atoms with Gasteiger partial charge in [-0.05, 0) is 48.9 Å². The van der Waals surface area contributed by atoms with E-state index in [2.05, 4.69) is 5.32 Å². The zero-order chi connectivity index (χ0) is 19.2. The van der Waals surface area contributed by atoms with Gasteiger partial charge in [0, 0.05) is 16.1 Å². The number of halogens is 2. The summed E-state index contributed by atoms with van der Waals surface area (Å²) >= 11 is 6.09. The lowest BCUT2D eigenvalue weighted by Gasteiger charge is -2.16. The van der Waals surface area contributed by atoms with E-state index in [4.69, 9.17) is 16.3 Å². The predicted molar refractivity (Wildman–Crippen MR) is 105 cm³/mol. The van der Waals surface area contributed by atoms with Gasteiger partial charge in [-0.25, -0.2) is 4.39 Å². The molecule has 0 spiro atoms. The Morgan fingerprint density at radius 1 is 1.07 bits per heavy atom. The van der Waals surface area contributed by atoms with Crippen molar-refractivity contribution in [2.24, 2.45) is 0 Å². The Labute approximate surface area is 162 Å². The van der Waals surface area contributed by atoms with Gasteiger partial charge in [-0.1, -0.05) is 48.0 Å². The first kappa shape index (κ1) is 18.9. The number of carbonyl (C=O) groups is 1. The fourth-order valence-corrected chi connectivity index (χ4v) is 2.85. The number of carbonyl (C=O) groups excluding carboxylic acids is 1. The number of hydrogen-bond donors (Lipinski definition) is 1. The third-order valence-corrected chi connectivity index (χ3v) is 4.41. The molecule has 0 aliphatic heterocycles. The standard InChI is InChI=1S/C22H19ClFNO2/c1-15(16-5-3-2-4-6-16)25-22(26)21-13-18(23)8-7-17(21)14-27-20-11-9-19(24)10-12-20/h2-13,15H,14H2,1H3,(H,25,26)/t15-/m0/s1. The number of benzene rings is 3. The first-order valence-corrected chi connectivity index (χ1v) is 8.93. The van der Waals surface area contributed by atoms with Crippen LogP contribution in [0.15, 0.2) is 72.8 Å². The van der Waals surface area contributed by atoms with Crippen molar-refractivity contribution in [2.75, 3.05) is 0 Å². The predicted octanol–water partition coefficient (Wildman–Crippen LogP) is 5.55. The minimum Gasteiger partial charge on any atom is -0.489 e. The van der Waals surface area contributed by atoms with Gasteiger partial charge in [-0.2, -0.15) is 0 Å². The molecule has 138 valence electrons. The number of amides is 1. The maximum Gasteiger partial charge on any atom is 0.252 e. The molecule has 0 aromatic heterocycles. The first-order valence-electron chi connectivity index (χ1n) is 8.55. The topological polar surface area (TPSA) is 38.3 Å². The quantitative estimate of drug-likeness (QED) is 0.606. The van der Waals surface area contributed by atoms with Crippen LogP contribution in [0.3, 0.4) is 0 Å². The average molecular weight is 384 g/mol. The van der Waals surface area contributed by atoms with E-state index >= 15 is 0 Å². The SMILES string of the molecule is C[C@H](NC(=O)c1cc(Cl)ccc1COc1ccc(F)cc1)c1ccccc1. The monoisotopic (exact) mass is 383 g/mol. The molecule has 0 aliphatic carbocycles. The zero-order valence-corrected chi connectivity index (χ0v) is 15.5. The van der Waals surface area contributed by atoms with Crippen molar-refractivity contribution in [3.63, 3.8) is 0 Å². The van der Waals surface area contributed by atoms with Crippen LogP contribution >= 0.6 is 11.6 Å². The fraction of sp³-hybridized carbons (Fsp3) is 0.136. The van der Waals surface area contributed by atoms with Crippen LogP contribution in [0.2, 0.25) is 5.02 Å². The highest BCUT2D eigenvalue weighted by molar-refractivity contribution is 6.31. The third kappa shape index (κ3) is 5.08. The summed E-state index contributed by atoms with van der Waals surface area (Å²) in [6.07, 6.45) is 0. The minimum atomic E-state index is -0.330. The van der Waals surface area contributed by atoms with Crippen LogP contribution < -0.4 is 10.1 Å². The van der Waals surface area contributed by atoms with E-state index in [9.17, 15) is 9.18 Å². The van der Waals surface area contributed by atoms with Gasteiger partial charge in [-0.15, -0.1) is 0 Å². The van der Waals surface area contributed by atoms with Crippen molar-refractivity contribution in [3.8, 4) is 5.75 Å². The molecule has 0 radical (unpaired) electrons. The summed E-state index contributed by atoms with van der Waals surface area (Å²) in [7, 11) is 0. The second-order valence-electron chi connectivity index (χ2n) is 6.15. The largest absolute Gasteiger partial charge is 0.489 e. The second kappa shape index (κ2) is 8.69. The molecule has 3 rings (SSSR count). The Kier molecular flexibility index (Phi) is 6.09. The van der Waals surface area contributed by atoms with E-state index in [0.29, 0.717) is 21.9 Å². The van der Waals surface area contributed by atoms with Gasteiger partial charge in [0.15, 0.2) is 0 Å². The fourth-order valence-electron chi connectivity index (χ4n) is 2.68. The number of rotatable bonds is 6. The third-order valence-electron chi connectivity index (χ3n) is 4.17. The lowest BCUT2D eigenvalue weighted by atomic mass is 10.1. The van der Waals surface area contributed by atoms with Gasteiger partial charge in [0.1, 0.15) is 18.2 Å². The normalized spacial score (nSPS) is 11.7. The van der Waals surface area contributed by atoms with Gasteiger partial charge < -0.3 is 10.1 Å². The number of hydrogen-bond acceptors (Lipinski definition) is 2. The van der Waals surface area contributed by atoms with E-state index in [1.54, 1.807) is 30.3 Å². The zero-order valence-electron chi connectivity index (χ0n) is 14.8. The molecule has 27 heavy (non-hydrogen) atoms. The van der Waals surface area contributed by atoms with Crippen LogP contribution in [0.1, 0.15) is 34.5 Å². The van der Waals surface area contributed by atoms with Crippen LogP contribution in [0.25, 0.3) is 0 Å². The lowest BCUT2D eigenvalue weighted by molar-refractivity contribution is 0.0937. The van der Waals surface area contributed by atoms with Crippen molar-refractivity contribution in [1.29, 1.82) is 0 Å². The molecular weight excluding hydrogens is 365 g/mol. The molecule has 3 nitrogen and oxygen atoms in total. The van der Waals surface area contributed by atoms with Crippen LogP contribution in [0, 0.1) is 5.82 Å². The Bertz CT molecular complexity index is 913. The molecule has 0 aliphatic rings. The molecule has 1 atom stereocenters. The van der Waals surface area contributed by atoms with E-state index in [0.717, 1.165) is 5.56 Å². The highest BCUT2D eigenvalue weighted by Crippen LogP contribution is 2.21. The van der Waals surface area contributed by atoms with Crippen LogP contribution in [0.5, 0.6) is 5.75 Å². The van der Waals surface area contributed by atoms with Crippen molar-refractivity contribution in [1.82, 2.24) is 5.32 Å². The number of ether oxygens (including phenoxy) is 1. The molecule has 0 unspecified atom stereocenters. The van der Waals surface area contributed by atoms with Crippen LogP contribution in [0.4, 0.5) is 4.39 Å². The molecule has 3 aromatic rings. The van der Waals surface area contributed by atoms with Gasteiger partial charge in [-0.3, -0.25) is 4.79 Å². The van der Waals surface area contributed by atoms with Gasteiger partial charge in [0.2, 0.25) is 0 Å². The van der Waals surface area contributed by atoms with Crippen molar-refractivity contribution < 1.29 is 13.9 Å². The summed E-state index contributed by atoms with van der Waals surface area (Å²) in [5.41, 5.74) is 2.16. The molecule has 3 aromatic carbocycles. The van der Waals surface area contributed by atoms with Gasteiger partial charge in [0.25, 0.3) is 5.91 Å². The highest BCUT2D eigenvalue weighted by atomic mass is 35.5. The lowest BCUT2D eigenvalue weighted by Crippen LogP contribution is -2.27. The molecule has 0 saturated carbocycles. The molecular formula is C22H19ClFNO2. The summed E-state index contributed by atoms with van der Waals surface area (Å²) in [4.78, 5) is 12.8. The van der Waals surface area contributed by atoms with Crippen molar-refractivity contribution in [2.45, 2.75) is 19.6 Å². The van der Waals surface area contributed by atoms with Crippen molar-refractivity contribution in [3.05, 3.63) is 100 Å². The Morgan fingerprint density at radius 2 is 1.78 bits per heavy atom. The molecule has 0 fully saturated rings. The minimum absolute atomic E-state index is 0.149. The second-order valence-corrected chi connectivity index (χ2v) is 6.59. The molecule has 0 saturated heterocycles. The van der Waals surface area contributed by atoms with E-state index in [1.807, 2.05) is 37.3 Å². The van der Waals surface area contributed by atoms with Crippen LogP contribution in [-0.4, -0.2) is 5.91 Å². The molecule has 5 heteroatoms. The number of nitrogens with one attached hydrogen (secondary N) is 1. The Morgan fingerprint density at radius 3 is 2.48 bits per heavy atom. The van der Waals surface area contributed by atoms with E-state index < -0.39 is 0 Å². The molecule has 1 amide bonds. The Balaban J connectivity index is 1.74. The first-order chi connectivity index (χ1) is 13.0. The van der Waals surface area contributed by atoms with Gasteiger partial charge >= 0.3 is 0 Å². The molecule has 1 N–H and O–H groups in total. The van der Waals surface area contributed by atoms with Crippen LogP contribution in [-0.2, 0) is 6.61 Å². The Hall–Kier alpha value is -2.85. The summed E-state index contributed by atoms with van der Waals surface area (Å²) in [6, 6.07) is 20.4. The summed E-state index contributed by atoms with van der Waals surface area (Å²) in [5.74, 6) is -0.0364. The molecule has 0 heterocycles. The maximum atomic E-state index is 13.0. The van der Waals surface area contributed by atoms with E-state index in [-0.39, 0.29) is 24.4 Å². The summed E-state index contributed by atoms with van der Waals surface area (Å²) in [6.45, 7) is 2.09. The molecule has 0 bridgehead atoms. The highest BCUT2D eigenvalue weighted by Gasteiger charge is 2.16. The average Bonchev–Trinajstić information content (AvgIpc) is 2.68. The maximum absolute atomic E-state index is 13.0. The summed E-state index contributed by atoms with van der Waals surface area (Å²) in [5, 5.41) is 3.45. The van der Waals surface area contributed by atoms with E-state index in [1.165, 1.54) is 12.1 Å². The summed E-state index contributed by atoms with van der Waals surface area (Å²) < 4.78 is 18.7.